The molecule has 0 spiro atoms. The van der Waals surface area contributed by atoms with Crippen LogP contribution in [0.3, 0.4) is 0 Å². The molecule has 0 aromatic carbocycles. The molecule has 0 amide bonds. The maximum atomic E-state index is 11.2. The third-order valence-corrected chi connectivity index (χ3v) is 2.95. The van der Waals surface area contributed by atoms with Gasteiger partial charge in [0.05, 0.1) is 0 Å². The Morgan fingerprint density at radius 3 is 3.00 bits per heavy atom. The fraction of sp³-hybridized carbons (Fsp3) is 0.429. The lowest BCUT2D eigenvalue weighted by Crippen LogP contribution is -2.06. The van der Waals surface area contributed by atoms with Crippen molar-refractivity contribution in [1.29, 1.82) is 0 Å². The van der Waals surface area contributed by atoms with Gasteiger partial charge in [0.25, 0.3) is 0 Å². The van der Waals surface area contributed by atoms with Crippen molar-refractivity contribution in [2.75, 3.05) is 0 Å². The average molecular weight is 186 g/mol. The Bertz CT molecular complexity index is 348. The summed E-state index contributed by atoms with van der Waals surface area (Å²) in [6, 6.07) is 0. The molecule has 58 valence electrons. The number of carbonyl (C=O) groups is 1. The summed E-state index contributed by atoms with van der Waals surface area (Å²) in [4.78, 5) is 12.0. The lowest BCUT2D eigenvalue weighted by atomic mass is 10.0. The first-order valence-electron chi connectivity index (χ1n) is 3.43. The molecule has 0 saturated heterocycles. The van der Waals surface area contributed by atoms with Crippen molar-refractivity contribution < 1.29 is 9.21 Å². The predicted molar refractivity (Wildman–Crippen MR) is 44.7 cm³/mol. The molecular formula is C7H6O2S2. The van der Waals surface area contributed by atoms with Gasteiger partial charge in [0, 0.05) is 12.8 Å². The Morgan fingerprint density at radius 1 is 1.45 bits per heavy atom. The second-order valence-electron chi connectivity index (χ2n) is 2.48. The first kappa shape index (κ1) is 7.18. The van der Waals surface area contributed by atoms with Crippen molar-refractivity contribution in [2.45, 2.75) is 19.3 Å². The number of carbonyl (C=O) groups excluding carboxylic acids is 1. The molecule has 1 aliphatic rings. The highest BCUT2D eigenvalue weighted by atomic mass is 32.1. The zero-order valence-electron chi connectivity index (χ0n) is 5.75. The van der Waals surface area contributed by atoms with Crippen molar-refractivity contribution in [3.63, 3.8) is 0 Å². The number of Topliss-reactive ketones (excluding diaryl/α,β-unsaturated/α-hetero) is 1. The van der Waals surface area contributed by atoms with E-state index in [1.54, 1.807) is 0 Å². The predicted octanol–water partition coefficient (Wildman–Crippen LogP) is 2.59. The molecule has 1 heterocycles. The maximum Gasteiger partial charge on any atom is 0.247 e. The van der Waals surface area contributed by atoms with E-state index in [0.29, 0.717) is 10.4 Å². The lowest BCUT2D eigenvalue weighted by Gasteiger charge is -2.05. The van der Waals surface area contributed by atoms with E-state index < -0.39 is 0 Å². The molecule has 11 heavy (non-hydrogen) atoms. The molecule has 1 aromatic rings. The zero-order chi connectivity index (χ0) is 7.84. The van der Waals surface area contributed by atoms with Crippen LogP contribution in [-0.2, 0) is 6.42 Å². The van der Waals surface area contributed by atoms with Crippen molar-refractivity contribution in [3.05, 3.63) is 14.7 Å². The van der Waals surface area contributed by atoms with Crippen molar-refractivity contribution in [3.8, 4) is 0 Å². The van der Waals surface area contributed by atoms with Gasteiger partial charge in [-0.2, -0.15) is 0 Å². The van der Waals surface area contributed by atoms with Crippen molar-refractivity contribution in [1.82, 2.24) is 0 Å². The quantitative estimate of drug-likeness (QED) is 0.583. The van der Waals surface area contributed by atoms with E-state index in [2.05, 4.69) is 0 Å². The Kier molecular flexibility index (Phi) is 1.65. The number of ketones is 1. The zero-order valence-corrected chi connectivity index (χ0v) is 7.39. The topological polar surface area (TPSA) is 30.2 Å². The third kappa shape index (κ3) is 1.16. The summed E-state index contributed by atoms with van der Waals surface area (Å²) in [6.45, 7) is 0. The van der Waals surface area contributed by atoms with E-state index >= 15 is 0 Å². The summed E-state index contributed by atoms with van der Waals surface area (Å²) in [5.74, 6) is 0.993. The SMILES string of the molecule is O=C1CCCc2oc(=S)sc21. The van der Waals surface area contributed by atoms with Gasteiger partial charge in [-0.1, -0.05) is 11.3 Å². The minimum absolute atomic E-state index is 0.191. The van der Waals surface area contributed by atoms with Gasteiger partial charge in [-0.3, -0.25) is 4.79 Å². The Labute approximate surface area is 72.9 Å². The van der Waals surface area contributed by atoms with Crippen LogP contribution in [0.2, 0.25) is 0 Å². The summed E-state index contributed by atoms with van der Waals surface area (Å²) in [7, 11) is 0. The van der Waals surface area contributed by atoms with Gasteiger partial charge < -0.3 is 4.42 Å². The van der Waals surface area contributed by atoms with Gasteiger partial charge >= 0.3 is 0 Å². The second kappa shape index (κ2) is 2.53. The number of hydrogen-bond donors (Lipinski definition) is 0. The molecule has 1 aliphatic carbocycles. The van der Waals surface area contributed by atoms with E-state index in [1.807, 2.05) is 0 Å². The van der Waals surface area contributed by atoms with E-state index in [9.17, 15) is 4.79 Å². The summed E-state index contributed by atoms with van der Waals surface area (Å²) in [6.07, 6.45) is 2.42. The fourth-order valence-electron chi connectivity index (χ4n) is 1.21. The van der Waals surface area contributed by atoms with E-state index in [0.717, 1.165) is 23.5 Å². The van der Waals surface area contributed by atoms with Gasteiger partial charge in [-0.15, -0.1) is 0 Å². The van der Waals surface area contributed by atoms with Crippen LogP contribution < -0.4 is 0 Å². The maximum absolute atomic E-state index is 11.2. The van der Waals surface area contributed by atoms with Crippen molar-refractivity contribution >= 4 is 29.3 Å². The molecule has 0 bridgehead atoms. The molecule has 0 N–H and O–H groups in total. The molecule has 0 aliphatic heterocycles. The number of rotatable bonds is 0. The van der Waals surface area contributed by atoms with Crippen LogP contribution >= 0.6 is 23.6 Å². The van der Waals surface area contributed by atoms with Gasteiger partial charge in [0.1, 0.15) is 10.6 Å². The molecule has 2 rings (SSSR count). The van der Waals surface area contributed by atoms with Crippen LogP contribution in [0, 0.1) is 4.02 Å². The highest BCUT2D eigenvalue weighted by molar-refractivity contribution is 7.73. The van der Waals surface area contributed by atoms with Crippen LogP contribution in [0.4, 0.5) is 0 Å². The summed E-state index contributed by atoms with van der Waals surface area (Å²) >= 11 is 6.13. The first-order valence-corrected chi connectivity index (χ1v) is 4.66. The van der Waals surface area contributed by atoms with E-state index in [1.165, 1.54) is 11.3 Å². The molecule has 4 heteroatoms. The lowest BCUT2D eigenvalue weighted by molar-refractivity contribution is 0.0972. The number of fused-ring (bicyclic) bond motifs is 1. The molecule has 0 saturated carbocycles. The molecule has 0 unspecified atom stereocenters. The third-order valence-electron chi connectivity index (χ3n) is 1.71. The highest BCUT2D eigenvalue weighted by Crippen LogP contribution is 2.26. The minimum atomic E-state index is 0.191. The van der Waals surface area contributed by atoms with Gasteiger partial charge in [0.15, 0.2) is 5.78 Å². The summed E-state index contributed by atoms with van der Waals surface area (Å²) < 4.78 is 5.67. The van der Waals surface area contributed by atoms with Crippen LogP contribution in [0.25, 0.3) is 0 Å². The normalized spacial score (nSPS) is 16.5. The summed E-state index contributed by atoms with van der Waals surface area (Å²) in [5.41, 5.74) is 0. The molecule has 0 atom stereocenters. The molecule has 0 fully saturated rings. The van der Waals surface area contributed by atoms with Crippen molar-refractivity contribution in [2.24, 2.45) is 0 Å². The van der Waals surface area contributed by atoms with Crippen LogP contribution in [0.15, 0.2) is 4.42 Å². The standard InChI is InChI=1S/C7H6O2S2/c8-4-2-1-3-5-6(4)11-7(10)9-5/h1-3H2. The largest absolute Gasteiger partial charge is 0.440 e. The molecular weight excluding hydrogens is 180 g/mol. The fourth-order valence-corrected chi connectivity index (χ4v) is 2.34. The minimum Gasteiger partial charge on any atom is -0.440 e. The number of aryl methyl sites for hydroxylation is 1. The van der Waals surface area contributed by atoms with Crippen LogP contribution in [-0.4, -0.2) is 5.78 Å². The monoisotopic (exact) mass is 186 g/mol. The Balaban J connectivity index is 2.60. The summed E-state index contributed by atoms with van der Waals surface area (Å²) in [5, 5.41) is 0. The molecule has 2 nitrogen and oxygen atoms in total. The Morgan fingerprint density at radius 2 is 2.27 bits per heavy atom. The highest BCUT2D eigenvalue weighted by Gasteiger charge is 2.21. The van der Waals surface area contributed by atoms with E-state index in [4.69, 9.17) is 16.6 Å². The first-order chi connectivity index (χ1) is 5.27. The van der Waals surface area contributed by atoms with Crippen LogP contribution in [0.5, 0.6) is 0 Å². The van der Waals surface area contributed by atoms with E-state index in [-0.39, 0.29) is 5.78 Å². The van der Waals surface area contributed by atoms with Gasteiger partial charge in [-0.25, -0.2) is 0 Å². The Hall–Kier alpha value is -0.480. The van der Waals surface area contributed by atoms with Crippen LogP contribution in [0.1, 0.15) is 28.3 Å². The van der Waals surface area contributed by atoms with Gasteiger partial charge in [-0.05, 0) is 18.6 Å². The molecule has 1 aromatic heterocycles. The smallest absolute Gasteiger partial charge is 0.247 e. The molecule has 0 radical (unpaired) electrons. The average Bonchev–Trinajstić information content (AvgIpc) is 2.31. The number of hydrogen-bond acceptors (Lipinski definition) is 4. The second-order valence-corrected chi connectivity index (χ2v) is 4.10. The van der Waals surface area contributed by atoms with Gasteiger partial charge in [0.2, 0.25) is 4.02 Å².